The summed E-state index contributed by atoms with van der Waals surface area (Å²) in [7, 11) is 0. The van der Waals surface area contributed by atoms with Crippen molar-refractivity contribution in [2.24, 2.45) is 0 Å². The predicted octanol–water partition coefficient (Wildman–Crippen LogP) is 2.65. The highest BCUT2D eigenvalue weighted by Gasteiger charge is 2.05. The van der Waals surface area contributed by atoms with Gasteiger partial charge in [-0.25, -0.2) is 0 Å². The monoisotopic (exact) mass is 289 g/mol. The van der Waals surface area contributed by atoms with E-state index < -0.39 is 0 Å². The highest BCUT2D eigenvalue weighted by Crippen LogP contribution is 2.13. The second-order valence-electron chi connectivity index (χ2n) is 4.23. The van der Waals surface area contributed by atoms with Crippen LogP contribution in [0, 0.1) is 0 Å². The van der Waals surface area contributed by atoms with Gasteiger partial charge >= 0.3 is 0 Å². The summed E-state index contributed by atoms with van der Waals surface area (Å²) in [6.07, 6.45) is 0. The number of amides is 1. The van der Waals surface area contributed by atoms with Crippen LogP contribution in [0.25, 0.3) is 0 Å². The van der Waals surface area contributed by atoms with Crippen molar-refractivity contribution in [1.82, 2.24) is 5.32 Å². The van der Waals surface area contributed by atoms with Crippen molar-refractivity contribution in [3.63, 3.8) is 0 Å². The van der Waals surface area contributed by atoms with Gasteiger partial charge in [-0.3, -0.25) is 9.59 Å². The maximum atomic E-state index is 11.6. The molecular weight excluding hydrogens is 274 g/mol. The lowest BCUT2D eigenvalue weighted by Crippen LogP contribution is -2.28. The van der Waals surface area contributed by atoms with Gasteiger partial charge in [-0.05, 0) is 30.5 Å². The zero-order valence-electron chi connectivity index (χ0n) is 11.1. The van der Waals surface area contributed by atoms with Crippen LogP contribution in [-0.2, 0) is 11.3 Å². The van der Waals surface area contributed by atoms with Crippen LogP contribution in [0.3, 0.4) is 0 Å². The molecule has 1 N–H and O–H groups in total. The number of hydrogen-bond acceptors (Lipinski definition) is 4. The second kappa shape index (κ2) is 6.86. The molecule has 0 aliphatic heterocycles. The molecule has 0 unspecified atom stereocenters. The van der Waals surface area contributed by atoms with E-state index in [-0.39, 0.29) is 18.3 Å². The summed E-state index contributed by atoms with van der Waals surface area (Å²) in [6.45, 7) is 1.94. The first kappa shape index (κ1) is 14.3. The molecule has 1 amide bonds. The number of nitrogens with one attached hydrogen (secondary N) is 1. The Kier molecular flexibility index (Phi) is 4.90. The Morgan fingerprint density at radius 2 is 2.10 bits per heavy atom. The number of thiophene rings is 1. The van der Waals surface area contributed by atoms with E-state index in [0.29, 0.717) is 17.9 Å². The molecule has 5 heteroatoms. The van der Waals surface area contributed by atoms with Crippen molar-refractivity contribution < 1.29 is 14.3 Å². The number of ketones is 1. The molecule has 2 aromatic rings. The third kappa shape index (κ3) is 4.20. The number of hydrogen-bond donors (Lipinski definition) is 1. The van der Waals surface area contributed by atoms with Crippen molar-refractivity contribution >= 4 is 23.0 Å². The summed E-state index contributed by atoms with van der Waals surface area (Å²) in [6, 6.07) is 10.7. The Hall–Kier alpha value is -2.14. The summed E-state index contributed by atoms with van der Waals surface area (Å²) in [5.41, 5.74) is 0.571. The van der Waals surface area contributed by atoms with Gasteiger partial charge in [0.2, 0.25) is 0 Å². The van der Waals surface area contributed by atoms with Crippen LogP contribution in [0.1, 0.15) is 22.2 Å². The zero-order valence-corrected chi connectivity index (χ0v) is 11.9. The van der Waals surface area contributed by atoms with Gasteiger partial charge in [0.05, 0.1) is 6.54 Å². The first-order valence-electron chi connectivity index (χ1n) is 6.18. The number of ether oxygens (including phenoxy) is 1. The molecule has 0 radical (unpaired) electrons. The number of carbonyl (C=O) groups excluding carboxylic acids is 2. The third-order valence-corrected chi connectivity index (χ3v) is 3.53. The molecule has 1 aromatic carbocycles. The van der Waals surface area contributed by atoms with Crippen LogP contribution in [0.5, 0.6) is 5.75 Å². The molecule has 20 heavy (non-hydrogen) atoms. The average molecular weight is 289 g/mol. The fourth-order valence-corrected chi connectivity index (χ4v) is 2.25. The molecule has 1 heterocycles. The lowest BCUT2D eigenvalue weighted by Gasteiger charge is -2.07. The minimum atomic E-state index is -0.188. The Morgan fingerprint density at radius 1 is 1.25 bits per heavy atom. The largest absolute Gasteiger partial charge is 0.484 e. The van der Waals surface area contributed by atoms with Gasteiger partial charge in [0.15, 0.2) is 12.4 Å². The Balaban J connectivity index is 1.81. The van der Waals surface area contributed by atoms with Gasteiger partial charge in [0.25, 0.3) is 5.91 Å². The Labute approximate surface area is 121 Å². The van der Waals surface area contributed by atoms with Crippen molar-refractivity contribution in [2.75, 3.05) is 6.61 Å². The topological polar surface area (TPSA) is 55.4 Å². The molecule has 0 aliphatic carbocycles. The molecule has 104 valence electrons. The van der Waals surface area contributed by atoms with Crippen molar-refractivity contribution in [1.29, 1.82) is 0 Å². The summed E-state index contributed by atoms with van der Waals surface area (Å²) >= 11 is 1.59. The molecule has 0 atom stereocenters. The molecule has 0 spiro atoms. The van der Waals surface area contributed by atoms with E-state index >= 15 is 0 Å². The standard InChI is InChI=1S/C15H15NO3S/c1-11(17)12-4-2-5-13(8-12)19-10-15(18)16-9-14-6-3-7-20-14/h2-8H,9-10H2,1H3,(H,16,18). The fraction of sp³-hybridized carbons (Fsp3) is 0.200. The van der Waals surface area contributed by atoms with Gasteiger partial charge in [0.1, 0.15) is 5.75 Å². The van der Waals surface area contributed by atoms with E-state index in [0.717, 1.165) is 4.88 Å². The molecular formula is C15H15NO3S. The summed E-state index contributed by atoms with van der Waals surface area (Å²) < 4.78 is 5.37. The average Bonchev–Trinajstić information content (AvgIpc) is 2.96. The van der Waals surface area contributed by atoms with Crippen molar-refractivity contribution in [3.05, 3.63) is 52.2 Å². The Bertz CT molecular complexity index is 593. The van der Waals surface area contributed by atoms with Gasteiger partial charge in [0, 0.05) is 10.4 Å². The maximum Gasteiger partial charge on any atom is 0.258 e. The zero-order chi connectivity index (χ0) is 14.4. The molecule has 1 aromatic heterocycles. The maximum absolute atomic E-state index is 11.6. The highest BCUT2D eigenvalue weighted by molar-refractivity contribution is 7.09. The molecule has 0 bridgehead atoms. The molecule has 0 fully saturated rings. The van der Waals surface area contributed by atoms with E-state index in [1.807, 2.05) is 17.5 Å². The number of rotatable bonds is 6. The van der Waals surface area contributed by atoms with E-state index in [4.69, 9.17) is 4.74 Å². The highest BCUT2D eigenvalue weighted by atomic mass is 32.1. The molecule has 0 saturated carbocycles. The lowest BCUT2D eigenvalue weighted by molar-refractivity contribution is -0.123. The molecule has 0 aliphatic rings. The summed E-state index contributed by atoms with van der Waals surface area (Å²) in [5.74, 6) is 0.299. The van der Waals surface area contributed by atoms with Crippen LogP contribution in [0.2, 0.25) is 0 Å². The predicted molar refractivity (Wildman–Crippen MR) is 78.1 cm³/mol. The summed E-state index contributed by atoms with van der Waals surface area (Å²) in [5, 5.41) is 4.74. The summed E-state index contributed by atoms with van der Waals surface area (Å²) in [4.78, 5) is 24.0. The first-order valence-corrected chi connectivity index (χ1v) is 7.06. The number of benzene rings is 1. The van der Waals surface area contributed by atoms with Crippen LogP contribution < -0.4 is 10.1 Å². The van der Waals surface area contributed by atoms with E-state index in [1.165, 1.54) is 6.92 Å². The van der Waals surface area contributed by atoms with E-state index in [9.17, 15) is 9.59 Å². The van der Waals surface area contributed by atoms with Crippen molar-refractivity contribution in [3.8, 4) is 5.75 Å². The smallest absolute Gasteiger partial charge is 0.258 e. The van der Waals surface area contributed by atoms with Gasteiger partial charge < -0.3 is 10.1 Å². The van der Waals surface area contributed by atoms with Gasteiger partial charge in [-0.1, -0.05) is 18.2 Å². The number of carbonyl (C=O) groups is 2. The Morgan fingerprint density at radius 3 is 2.80 bits per heavy atom. The lowest BCUT2D eigenvalue weighted by atomic mass is 10.1. The second-order valence-corrected chi connectivity index (χ2v) is 5.26. The quantitative estimate of drug-likeness (QED) is 0.832. The normalized spacial score (nSPS) is 10.1. The van der Waals surface area contributed by atoms with Crippen LogP contribution >= 0.6 is 11.3 Å². The molecule has 4 nitrogen and oxygen atoms in total. The first-order chi connectivity index (χ1) is 9.65. The SMILES string of the molecule is CC(=O)c1cccc(OCC(=O)NCc2cccs2)c1. The van der Waals surface area contributed by atoms with Crippen LogP contribution in [-0.4, -0.2) is 18.3 Å². The fourth-order valence-electron chi connectivity index (χ4n) is 1.60. The molecule has 2 rings (SSSR count). The molecule has 0 saturated heterocycles. The van der Waals surface area contributed by atoms with Crippen LogP contribution in [0.4, 0.5) is 0 Å². The third-order valence-electron chi connectivity index (χ3n) is 2.65. The van der Waals surface area contributed by atoms with Gasteiger partial charge in [-0.15, -0.1) is 11.3 Å². The van der Waals surface area contributed by atoms with E-state index in [1.54, 1.807) is 35.6 Å². The minimum absolute atomic E-state index is 0.0300. The van der Waals surface area contributed by atoms with Crippen molar-refractivity contribution in [2.45, 2.75) is 13.5 Å². The minimum Gasteiger partial charge on any atom is -0.484 e. The number of Topliss-reactive ketones (excluding diaryl/α,β-unsaturated/α-hetero) is 1. The van der Waals surface area contributed by atoms with E-state index in [2.05, 4.69) is 5.32 Å². The van der Waals surface area contributed by atoms with Crippen LogP contribution in [0.15, 0.2) is 41.8 Å². The van der Waals surface area contributed by atoms with Gasteiger partial charge in [-0.2, -0.15) is 0 Å².